The summed E-state index contributed by atoms with van der Waals surface area (Å²) in [6.45, 7) is 0. The highest BCUT2D eigenvalue weighted by atomic mass is 35.5. The topological polar surface area (TPSA) is 50.4 Å². The molecule has 1 N–H and O–H groups in total. The number of rotatable bonds is 2. The Morgan fingerprint density at radius 2 is 2.11 bits per heavy atom. The summed E-state index contributed by atoms with van der Waals surface area (Å²) in [5.41, 5.74) is 1.51. The van der Waals surface area contributed by atoms with Crippen LogP contribution in [0.5, 0.6) is 5.75 Å². The molecule has 0 radical (unpaired) electrons. The Balaban J connectivity index is 1.98. The van der Waals surface area contributed by atoms with Crippen LogP contribution < -0.4 is 0 Å². The third kappa shape index (κ3) is 2.02. The summed E-state index contributed by atoms with van der Waals surface area (Å²) >= 11 is 5.93. The second-order valence-corrected chi connectivity index (χ2v) is 4.43. The standard InChI is InChI=1S/C13H10ClN3O/c14-10-4-1-3-9(7-10)8-12-15-13-11(18)5-2-6-17(13)16-12/h1-7,18H,8H2. The summed E-state index contributed by atoms with van der Waals surface area (Å²) < 4.78 is 1.56. The molecule has 0 atom stereocenters. The Morgan fingerprint density at radius 1 is 1.22 bits per heavy atom. The lowest BCUT2D eigenvalue weighted by atomic mass is 10.1. The van der Waals surface area contributed by atoms with Crippen molar-refractivity contribution in [3.63, 3.8) is 0 Å². The van der Waals surface area contributed by atoms with Gasteiger partial charge in [0.25, 0.3) is 0 Å². The summed E-state index contributed by atoms with van der Waals surface area (Å²) in [7, 11) is 0. The van der Waals surface area contributed by atoms with E-state index in [2.05, 4.69) is 10.1 Å². The average molecular weight is 260 g/mol. The Labute approximate surface area is 108 Å². The molecule has 5 heteroatoms. The second kappa shape index (κ2) is 4.31. The van der Waals surface area contributed by atoms with E-state index in [0.29, 0.717) is 22.9 Å². The van der Waals surface area contributed by atoms with Crippen LogP contribution >= 0.6 is 11.6 Å². The third-order valence-electron chi connectivity index (χ3n) is 2.64. The van der Waals surface area contributed by atoms with Crippen molar-refractivity contribution >= 4 is 17.2 Å². The monoisotopic (exact) mass is 259 g/mol. The van der Waals surface area contributed by atoms with Crippen LogP contribution in [0.2, 0.25) is 5.02 Å². The molecule has 0 amide bonds. The van der Waals surface area contributed by atoms with Gasteiger partial charge in [-0.1, -0.05) is 23.7 Å². The first-order chi connectivity index (χ1) is 8.72. The first-order valence-corrected chi connectivity index (χ1v) is 5.88. The van der Waals surface area contributed by atoms with Crippen molar-refractivity contribution in [2.75, 3.05) is 0 Å². The van der Waals surface area contributed by atoms with E-state index in [1.807, 2.05) is 24.3 Å². The summed E-state index contributed by atoms with van der Waals surface area (Å²) in [5, 5.41) is 14.6. The fourth-order valence-corrected chi connectivity index (χ4v) is 2.05. The molecule has 0 aliphatic heterocycles. The zero-order valence-corrected chi connectivity index (χ0v) is 10.2. The Bertz CT molecular complexity index is 708. The predicted molar refractivity (Wildman–Crippen MR) is 68.9 cm³/mol. The summed E-state index contributed by atoms with van der Waals surface area (Å²) in [5.74, 6) is 0.779. The van der Waals surface area contributed by atoms with Gasteiger partial charge in [0.15, 0.2) is 17.2 Å². The van der Waals surface area contributed by atoms with Crippen molar-refractivity contribution in [3.8, 4) is 5.75 Å². The molecule has 0 saturated carbocycles. The van der Waals surface area contributed by atoms with Crippen LogP contribution in [0, 0.1) is 0 Å². The first-order valence-electron chi connectivity index (χ1n) is 5.50. The molecule has 3 rings (SSSR count). The van der Waals surface area contributed by atoms with Gasteiger partial charge in [0.1, 0.15) is 0 Å². The molecule has 0 unspecified atom stereocenters. The van der Waals surface area contributed by atoms with E-state index in [1.54, 1.807) is 22.8 Å². The SMILES string of the molecule is Oc1cccn2nc(Cc3cccc(Cl)c3)nc12. The number of pyridine rings is 1. The van der Waals surface area contributed by atoms with E-state index in [1.165, 1.54) is 0 Å². The number of benzene rings is 1. The van der Waals surface area contributed by atoms with Crippen molar-refractivity contribution in [2.24, 2.45) is 0 Å². The van der Waals surface area contributed by atoms with E-state index in [-0.39, 0.29) is 5.75 Å². The number of fused-ring (bicyclic) bond motifs is 1. The maximum Gasteiger partial charge on any atom is 0.197 e. The van der Waals surface area contributed by atoms with Crippen LogP contribution in [-0.2, 0) is 6.42 Å². The molecule has 18 heavy (non-hydrogen) atoms. The van der Waals surface area contributed by atoms with Gasteiger partial charge in [-0.15, -0.1) is 0 Å². The largest absolute Gasteiger partial charge is 0.504 e. The summed E-state index contributed by atoms with van der Waals surface area (Å²) in [6.07, 6.45) is 2.34. The van der Waals surface area contributed by atoms with E-state index in [0.717, 1.165) is 5.56 Å². The van der Waals surface area contributed by atoms with E-state index >= 15 is 0 Å². The van der Waals surface area contributed by atoms with E-state index in [9.17, 15) is 5.11 Å². The molecule has 0 aliphatic rings. The number of nitrogens with zero attached hydrogens (tertiary/aromatic N) is 3. The molecule has 2 heterocycles. The predicted octanol–water partition coefficient (Wildman–Crippen LogP) is 2.68. The highest BCUT2D eigenvalue weighted by Crippen LogP contribution is 2.17. The van der Waals surface area contributed by atoms with Gasteiger partial charge in [-0.05, 0) is 29.8 Å². The van der Waals surface area contributed by atoms with E-state index in [4.69, 9.17) is 11.6 Å². The Hall–Kier alpha value is -2.07. The average Bonchev–Trinajstić information content (AvgIpc) is 2.73. The van der Waals surface area contributed by atoms with Crippen LogP contribution in [0.25, 0.3) is 5.65 Å². The van der Waals surface area contributed by atoms with Crippen molar-refractivity contribution in [1.82, 2.24) is 14.6 Å². The highest BCUT2D eigenvalue weighted by molar-refractivity contribution is 6.30. The zero-order chi connectivity index (χ0) is 12.5. The molecule has 0 bridgehead atoms. The molecule has 90 valence electrons. The number of aromatic hydroxyl groups is 1. The molecule has 0 aliphatic carbocycles. The van der Waals surface area contributed by atoms with Crippen LogP contribution in [0.4, 0.5) is 0 Å². The number of halogens is 1. The van der Waals surface area contributed by atoms with Gasteiger partial charge in [0.2, 0.25) is 0 Å². The molecule has 0 fully saturated rings. The lowest BCUT2D eigenvalue weighted by Crippen LogP contribution is -1.91. The van der Waals surface area contributed by atoms with Gasteiger partial charge in [-0.25, -0.2) is 9.50 Å². The molecule has 0 saturated heterocycles. The highest BCUT2D eigenvalue weighted by Gasteiger charge is 2.07. The van der Waals surface area contributed by atoms with Gasteiger partial charge >= 0.3 is 0 Å². The zero-order valence-electron chi connectivity index (χ0n) is 9.42. The van der Waals surface area contributed by atoms with E-state index < -0.39 is 0 Å². The third-order valence-corrected chi connectivity index (χ3v) is 2.87. The molecule has 2 aromatic heterocycles. The Morgan fingerprint density at radius 3 is 2.89 bits per heavy atom. The van der Waals surface area contributed by atoms with Crippen LogP contribution in [0.3, 0.4) is 0 Å². The smallest absolute Gasteiger partial charge is 0.197 e. The first kappa shape index (κ1) is 11.0. The fourth-order valence-electron chi connectivity index (χ4n) is 1.84. The summed E-state index contributed by atoms with van der Waals surface area (Å²) in [6, 6.07) is 10.9. The number of hydrogen-bond acceptors (Lipinski definition) is 3. The maximum atomic E-state index is 9.65. The number of hydrogen-bond donors (Lipinski definition) is 1. The molecule has 3 aromatic rings. The molecule has 1 aromatic carbocycles. The number of aromatic nitrogens is 3. The quantitative estimate of drug-likeness (QED) is 0.770. The van der Waals surface area contributed by atoms with Gasteiger partial charge < -0.3 is 5.11 Å². The van der Waals surface area contributed by atoms with Gasteiger partial charge in [0.05, 0.1) is 0 Å². The van der Waals surface area contributed by atoms with Gasteiger partial charge in [0, 0.05) is 17.6 Å². The molecule has 0 spiro atoms. The lowest BCUT2D eigenvalue weighted by molar-refractivity contribution is 0.477. The maximum absolute atomic E-state index is 9.65. The minimum Gasteiger partial charge on any atom is -0.504 e. The van der Waals surface area contributed by atoms with Gasteiger partial charge in [-0.3, -0.25) is 0 Å². The minimum atomic E-state index is 0.127. The van der Waals surface area contributed by atoms with Crippen molar-refractivity contribution in [2.45, 2.75) is 6.42 Å². The Kier molecular flexibility index (Phi) is 2.64. The van der Waals surface area contributed by atoms with Crippen LogP contribution in [0.1, 0.15) is 11.4 Å². The van der Waals surface area contributed by atoms with Crippen molar-refractivity contribution < 1.29 is 5.11 Å². The van der Waals surface area contributed by atoms with Crippen molar-refractivity contribution in [1.29, 1.82) is 0 Å². The fraction of sp³-hybridized carbons (Fsp3) is 0.0769. The van der Waals surface area contributed by atoms with Crippen LogP contribution in [-0.4, -0.2) is 19.7 Å². The lowest BCUT2D eigenvalue weighted by Gasteiger charge is -1.97. The van der Waals surface area contributed by atoms with Crippen LogP contribution in [0.15, 0.2) is 42.6 Å². The second-order valence-electron chi connectivity index (χ2n) is 4.00. The summed E-state index contributed by atoms with van der Waals surface area (Å²) in [4.78, 5) is 4.30. The normalized spacial score (nSPS) is 10.9. The van der Waals surface area contributed by atoms with Gasteiger partial charge in [-0.2, -0.15) is 5.10 Å². The molecular formula is C13H10ClN3O. The minimum absolute atomic E-state index is 0.127. The molecule has 4 nitrogen and oxygen atoms in total. The molecular weight excluding hydrogens is 250 g/mol. The van der Waals surface area contributed by atoms with Crippen molar-refractivity contribution in [3.05, 3.63) is 59.0 Å².